The van der Waals surface area contributed by atoms with E-state index in [2.05, 4.69) is 40.2 Å². The predicted octanol–water partition coefficient (Wildman–Crippen LogP) is 4.05. The molecule has 1 unspecified atom stereocenters. The Hall–Kier alpha value is -3.44. The molecule has 5 heteroatoms. The Morgan fingerprint density at radius 3 is 1.97 bits per heavy atom. The van der Waals surface area contributed by atoms with E-state index >= 15 is 0 Å². The Kier molecular flexibility index (Phi) is 7.57. The van der Waals surface area contributed by atoms with Crippen LogP contribution in [0.1, 0.15) is 33.9 Å². The molecule has 0 radical (unpaired) electrons. The van der Waals surface area contributed by atoms with Crippen molar-refractivity contribution in [3.05, 3.63) is 101 Å². The summed E-state index contributed by atoms with van der Waals surface area (Å²) in [6, 6.07) is 24.0. The first-order chi connectivity index (χ1) is 14.9. The van der Waals surface area contributed by atoms with Gasteiger partial charge in [-0.05, 0) is 43.0 Å². The fraction of sp³-hybridized carbons (Fsp3) is 0.231. The Bertz CT molecular complexity index is 1010. The number of carbonyl (C=O) groups excluding carboxylic acids is 2. The minimum Gasteiger partial charge on any atom is -0.346 e. The summed E-state index contributed by atoms with van der Waals surface area (Å²) >= 11 is 0. The van der Waals surface area contributed by atoms with Crippen LogP contribution in [0.15, 0.2) is 72.8 Å². The minimum atomic E-state index is -0.246. The summed E-state index contributed by atoms with van der Waals surface area (Å²) in [6.07, 6.45) is 0. The molecular weight excluding hydrogens is 386 g/mol. The van der Waals surface area contributed by atoms with Crippen LogP contribution in [-0.4, -0.2) is 24.9 Å². The van der Waals surface area contributed by atoms with Crippen LogP contribution in [0.3, 0.4) is 0 Å². The Morgan fingerprint density at radius 2 is 1.32 bits per heavy atom. The molecule has 2 amide bonds. The number of para-hydroxylation sites is 1. The van der Waals surface area contributed by atoms with Gasteiger partial charge in [0.25, 0.3) is 0 Å². The normalized spacial score (nSPS) is 11.6. The van der Waals surface area contributed by atoms with Crippen LogP contribution >= 0.6 is 0 Å². The van der Waals surface area contributed by atoms with Crippen molar-refractivity contribution in [1.82, 2.24) is 10.6 Å². The van der Waals surface area contributed by atoms with E-state index in [0.717, 1.165) is 27.9 Å². The molecule has 0 saturated carbocycles. The third-order valence-corrected chi connectivity index (χ3v) is 5.20. The fourth-order valence-electron chi connectivity index (χ4n) is 3.46. The molecule has 0 aliphatic rings. The zero-order valence-electron chi connectivity index (χ0n) is 18.2. The monoisotopic (exact) mass is 415 g/mol. The minimum absolute atomic E-state index is 0.0746. The molecule has 0 spiro atoms. The number of hydrogen-bond acceptors (Lipinski definition) is 3. The zero-order valence-corrected chi connectivity index (χ0v) is 18.2. The van der Waals surface area contributed by atoms with Crippen molar-refractivity contribution < 1.29 is 9.59 Å². The van der Waals surface area contributed by atoms with Gasteiger partial charge in [-0.15, -0.1) is 0 Å². The second kappa shape index (κ2) is 10.5. The lowest BCUT2D eigenvalue weighted by Crippen LogP contribution is -2.39. The molecule has 0 aliphatic heterocycles. The SMILES string of the molecule is Cc1ccc(C(NCC(=O)NCC(=O)Nc2c(C)cccc2C)c2ccccc2)cc1. The molecule has 1 atom stereocenters. The zero-order chi connectivity index (χ0) is 22.2. The van der Waals surface area contributed by atoms with Gasteiger partial charge in [-0.3, -0.25) is 14.9 Å². The number of aryl methyl sites for hydroxylation is 3. The third kappa shape index (κ3) is 6.27. The van der Waals surface area contributed by atoms with Crippen molar-refractivity contribution in [3.8, 4) is 0 Å². The van der Waals surface area contributed by atoms with Gasteiger partial charge in [0, 0.05) is 5.69 Å². The summed E-state index contributed by atoms with van der Waals surface area (Å²) in [5.74, 6) is -0.478. The molecule has 3 rings (SSSR count). The van der Waals surface area contributed by atoms with E-state index < -0.39 is 0 Å². The van der Waals surface area contributed by atoms with E-state index in [1.807, 2.05) is 69.3 Å². The van der Waals surface area contributed by atoms with E-state index in [4.69, 9.17) is 0 Å². The number of nitrogens with one attached hydrogen (secondary N) is 3. The van der Waals surface area contributed by atoms with E-state index in [9.17, 15) is 9.59 Å². The first kappa shape index (κ1) is 22.2. The number of benzene rings is 3. The van der Waals surface area contributed by atoms with Crippen LogP contribution in [0.5, 0.6) is 0 Å². The average Bonchev–Trinajstić information content (AvgIpc) is 2.77. The van der Waals surface area contributed by atoms with Crippen molar-refractivity contribution >= 4 is 17.5 Å². The Morgan fingerprint density at radius 1 is 0.710 bits per heavy atom. The molecule has 3 aromatic rings. The lowest BCUT2D eigenvalue weighted by atomic mass is 9.98. The topological polar surface area (TPSA) is 70.2 Å². The second-order valence-electron chi connectivity index (χ2n) is 7.73. The molecule has 0 saturated heterocycles. The predicted molar refractivity (Wildman–Crippen MR) is 125 cm³/mol. The van der Waals surface area contributed by atoms with Gasteiger partial charge in [0.1, 0.15) is 0 Å². The van der Waals surface area contributed by atoms with Gasteiger partial charge < -0.3 is 10.6 Å². The molecule has 3 N–H and O–H groups in total. The second-order valence-corrected chi connectivity index (χ2v) is 7.73. The number of hydrogen-bond donors (Lipinski definition) is 3. The molecule has 0 bridgehead atoms. The van der Waals surface area contributed by atoms with Crippen molar-refractivity contribution in [2.75, 3.05) is 18.4 Å². The van der Waals surface area contributed by atoms with Gasteiger partial charge >= 0.3 is 0 Å². The van der Waals surface area contributed by atoms with Crippen LogP contribution < -0.4 is 16.0 Å². The highest BCUT2D eigenvalue weighted by Crippen LogP contribution is 2.22. The number of carbonyl (C=O) groups is 2. The van der Waals surface area contributed by atoms with Crippen molar-refractivity contribution in [3.63, 3.8) is 0 Å². The van der Waals surface area contributed by atoms with E-state index in [-0.39, 0.29) is 30.9 Å². The quantitative estimate of drug-likeness (QED) is 0.520. The van der Waals surface area contributed by atoms with Crippen molar-refractivity contribution in [1.29, 1.82) is 0 Å². The van der Waals surface area contributed by atoms with E-state index in [1.165, 1.54) is 5.56 Å². The summed E-state index contributed by atoms with van der Waals surface area (Å²) in [7, 11) is 0. The maximum Gasteiger partial charge on any atom is 0.243 e. The average molecular weight is 416 g/mol. The molecular formula is C26H29N3O2. The lowest BCUT2D eigenvalue weighted by Gasteiger charge is -2.20. The van der Waals surface area contributed by atoms with Crippen LogP contribution in [0.25, 0.3) is 0 Å². The molecule has 3 aromatic carbocycles. The van der Waals surface area contributed by atoms with Gasteiger partial charge in [0.15, 0.2) is 0 Å². The number of anilines is 1. The van der Waals surface area contributed by atoms with E-state index in [0.29, 0.717) is 0 Å². The van der Waals surface area contributed by atoms with Gasteiger partial charge in [0.05, 0.1) is 19.1 Å². The summed E-state index contributed by atoms with van der Waals surface area (Å²) < 4.78 is 0. The van der Waals surface area contributed by atoms with E-state index in [1.54, 1.807) is 0 Å². The summed E-state index contributed by atoms with van der Waals surface area (Å²) in [6.45, 7) is 5.96. The van der Waals surface area contributed by atoms with Gasteiger partial charge in [-0.1, -0.05) is 78.4 Å². The van der Waals surface area contributed by atoms with Crippen LogP contribution in [0.2, 0.25) is 0 Å². The maximum absolute atomic E-state index is 12.4. The van der Waals surface area contributed by atoms with Crippen molar-refractivity contribution in [2.45, 2.75) is 26.8 Å². The Balaban J connectivity index is 1.57. The standard InChI is InChI=1S/C26H29N3O2/c1-18-12-14-22(15-13-18)26(21-10-5-4-6-11-21)28-16-23(30)27-17-24(31)29-25-19(2)8-7-9-20(25)3/h4-15,26,28H,16-17H2,1-3H3,(H,27,30)(H,29,31). The first-order valence-electron chi connectivity index (χ1n) is 10.4. The molecule has 0 fully saturated rings. The molecule has 0 heterocycles. The summed E-state index contributed by atoms with van der Waals surface area (Å²) in [5.41, 5.74) is 6.12. The summed E-state index contributed by atoms with van der Waals surface area (Å²) in [4.78, 5) is 24.7. The molecule has 0 aromatic heterocycles. The highest BCUT2D eigenvalue weighted by atomic mass is 16.2. The summed E-state index contributed by atoms with van der Waals surface area (Å²) in [5, 5.41) is 8.90. The number of rotatable bonds is 8. The smallest absolute Gasteiger partial charge is 0.243 e. The lowest BCUT2D eigenvalue weighted by molar-refractivity contribution is -0.123. The third-order valence-electron chi connectivity index (χ3n) is 5.20. The first-order valence-corrected chi connectivity index (χ1v) is 10.4. The van der Waals surface area contributed by atoms with Crippen LogP contribution in [-0.2, 0) is 9.59 Å². The van der Waals surface area contributed by atoms with Gasteiger partial charge in [-0.25, -0.2) is 0 Å². The van der Waals surface area contributed by atoms with Crippen LogP contribution in [0.4, 0.5) is 5.69 Å². The Labute approximate surface area is 183 Å². The molecule has 0 aliphatic carbocycles. The fourth-order valence-corrected chi connectivity index (χ4v) is 3.46. The van der Waals surface area contributed by atoms with Crippen LogP contribution in [0, 0.1) is 20.8 Å². The highest BCUT2D eigenvalue weighted by Gasteiger charge is 2.15. The van der Waals surface area contributed by atoms with Gasteiger partial charge in [0.2, 0.25) is 11.8 Å². The molecule has 31 heavy (non-hydrogen) atoms. The number of amides is 2. The molecule has 160 valence electrons. The van der Waals surface area contributed by atoms with Gasteiger partial charge in [-0.2, -0.15) is 0 Å². The largest absolute Gasteiger partial charge is 0.346 e. The molecule has 5 nitrogen and oxygen atoms in total. The maximum atomic E-state index is 12.4. The van der Waals surface area contributed by atoms with Crippen molar-refractivity contribution in [2.24, 2.45) is 0 Å². The highest BCUT2D eigenvalue weighted by molar-refractivity contribution is 5.95.